The fourth-order valence-electron chi connectivity index (χ4n) is 0.992. The van der Waals surface area contributed by atoms with Crippen LogP contribution in [0.3, 0.4) is 0 Å². The van der Waals surface area contributed by atoms with Crippen LogP contribution in [0.5, 0.6) is 0 Å². The molecule has 1 aliphatic heterocycles. The van der Waals surface area contributed by atoms with E-state index in [4.69, 9.17) is 16.3 Å². The van der Waals surface area contributed by atoms with Gasteiger partial charge in [0.1, 0.15) is 0 Å². The van der Waals surface area contributed by atoms with Gasteiger partial charge < -0.3 is 4.74 Å². The van der Waals surface area contributed by atoms with Crippen molar-refractivity contribution in [2.75, 3.05) is 19.1 Å². The highest BCUT2D eigenvalue weighted by molar-refractivity contribution is 6.29. The first-order chi connectivity index (χ1) is 5.33. The number of hydrogen-bond acceptors (Lipinski definition) is 2. The monoisotopic (exact) mass is 174 g/mol. The smallest absolute Gasteiger partial charge is 0.170 e. The number of ether oxygens (including phenoxy) is 1. The van der Waals surface area contributed by atoms with E-state index in [1.165, 1.54) is 0 Å². The lowest BCUT2D eigenvalue weighted by atomic mass is 10.1. The Kier molecular flexibility index (Phi) is 3.60. The summed E-state index contributed by atoms with van der Waals surface area (Å²) in [7, 11) is 0. The molecule has 0 aromatic heterocycles. The molecule has 1 heterocycles. The number of rotatable bonds is 3. The minimum absolute atomic E-state index is 0.0291. The van der Waals surface area contributed by atoms with Crippen molar-refractivity contribution in [2.24, 2.45) is 5.92 Å². The molecule has 0 aliphatic carbocycles. The van der Waals surface area contributed by atoms with E-state index >= 15 is 0 Å². The summed E-state index contributed by atoms with van der Waals surface area (Å²) < 4.78 is 5.13. The summed E-state index contributed by atoms with van der Waals surface area (Å²) in [6.45, 7) is 1.55. The van der Waals surface area contributed by atoms with Crippen LogP contribution in [0, 0.1) is 5.92 Å². The molecule has 11 heavy (non-hydrogen) atoms. The lowest BCUT2D eigenvalue weighted by molar-refractivity contribution is -0.112. The molecular formula is C8H11ClO2. The molecule has 1 unspecified atom stereocenters. The molecular weight excluding hydrogens is 164 g/mol. The van der Waals surface area contributed by atoms with Crippen molar-refractivity contribution in [2.45, 2.75) is 6.42 Å². The number of carbonyl (C=O) groups excluding carboxylic acids is 1. The number of halogens is 1. The largest absolute Gasteiger partial charge is 0.381 e. The fraction of sp³-hybridized carbons (Fsp3) is 0.625. The molecule has 1 atom stereocenters. The molecule has 1 aliphatic rings. The van der Waals surface area contributed by atoms with E-state index in [-0.39, 0.29) is 11.7 Å². The Morgan fingerprint density at radius 2 is 2.55 bits per heavy atom. The third-order valence-electron chi connectivity index (χ3n) is 1.65. The van der Waals surface area contributed by atoms with Crippen LogP contribution >= 0.6 is 11.6 Å². The molecule has 0 aromatic carbocycles. The predicted molar refractivity (Wildman–Crippen MR) is 43.8 cm³/mol. The number of alkyl halides is 1. The first-order valence-electron chi connectivity index (χ1n) is 3.67. The van der Waals surface area contributed by atoms with Crippen molar-refractivity contribution in [3.05, 3.63) is 12.2 Å². The maximum atomic E-state index is 10.7. The SMILES string of the molecule is O=C(/C=C/C1CCOC1)CCl. The summed E-state index contributed by atoms with van der Waals surface area (Å²) in [6, 6.07) is 0. The fourth-order valence-corrected chi connectivity index (χ4v) is 1.08. The molecule has 1 saturated heterocycles. The Morgan fingerprint density at radius 1 is 1.73 bits per heavy atom. The molecule has 0 bridgehead atoms. The second-order valence-electron chi connectivity index (χ2n) is 2.58. The van der Waals surface area contributed by atoms with Crippen LogP contribution in [-0.2, 0) is 9.53 Å². The first-order valence-corrected chi connectivity index (χ1v) is 4.21. The minimum Gasteiger partial charge on any atom is -0.381 e. The van der Waals surface area contributed by atoms with Crippen LogP contribution in [0.4, 0.5) is 0 Å². The Morgan fingerprint density at radius 3 is 3.09 bits per heavy atom. The summed E-state index contributed by atoms with van der Waals surface area (Å²) in [5, 5.41) is 0. The van der Waals surface area contributed by atoms with E-state index in [0.29, 0.717) is 5.92 Å². The van der Waals surface area contributed by atoms with Gasteiger partial charge in [-0.05, 0) is 12.5 Å². The van der Waals surface area contributed by atoms with Crippen molar-refractivity contribution in [3.63, 3.8) is 0 Å². The van der Waals surface area contributed by atoms with Crippen molar-refractivity contribution < 1.29 is 9.53 Å². The van der Waals surface area contributed by atoms with Gasteiger partial charge in [-0.15, -0.1) is 11.6 Å². The normalized spacial score (nSPS) is 24.6. The van der Waals surface area contributed by atoms with Crippen molar-refractivity contribution in [1.82, 2.24) is 0 Å². The minimum atomic E-state index is -0.0291. The zero-order valence-corrected chi connectivity index (χ0v) is 7.01. The van der Waals surface area contributed by atoms with Crippen LogP contribution < -0.4 is 0 Å². The quantitative estimate of drug-likeness (QED) is 0.478. The number of hydrogen-bond donors (Lipinski definition) is 0. The second-order valence-corrected chi connectivity index (χ2v) is 2.85. The van der Waals surface area contributed by atoms with Crippen LogP contribution in [0.15, 0.2) is 12.2 Å². The van der Waals surface area contributed by atoms with Crippen LogP contribution in [0.1, 0.15) is 6.42 Å². The highest BCUT2D eigenvalue weighted by atomic mass is 35.5. The lowest BCUT2D eigenvalue weighted by Gasteiger charge is -1.95. The average Bonchev–Trinajstić information content (AvgIpc) is 2.52. The number of carbonyl (C=O) groups is 1. The summed E-state index contributed by atoms with van der Waals surface area (Å²) in [5.74, 6) is 0.463. The maximum absolute atomic E-state index is 10.7. The van der Waals surface area contributed by atoms with E-state index in [1.54, 1.807) is 6.08 Å². The van der Waals surface area contributed by atoms with E-state index in [0.717, 1.165) is 19.6 Å². The number of allylic oxidation sites excluding steroid dienone is 1. The highest BCUT2D eigenvalue weighted by Crippen LogP contribution is 2.13. The average molecular weight is 175 g/mol. The lowest BCUT2D eigenvalue weighted by Crippen LogP contribution is -1.97. The van der Waals surface area contributed by atoms with Gasteiger partial charge in [0, 0.05) is 12.5 Å². The Balaban J connectivity index is 2.27. The molecule has 0 amide bonds. The van der Waals surface area contributed by atoms with E-state index in [2.05, 4.69) is 0 Å². The summed E-state index contributed by atoms with van der Waals surface area (Å²) in [4.78, 5) is 10.7. The summed E-state index contributed by atoms with van der Waals surface area (Å²) in [6.07, 6.45) is 4.45. The molecule has 3 heteroatoms. The zero-order valence-electron chi connectivity index (χ0n) is 6.25. The molecule has 2 nitrogen and oxygen atoms in total. The van der Waals surface area contributed by atoms with Gasteiger partial charge in [0.2, 0.25) is 0 Å². The summed E-state index contributed by atoms with van der Waals surface area (Å²) in [5.41, 5.74) is 0. The van der Waals surface area contributed by atoms with Crippen LogP contribution in [0.25, 0.3) is 0 Å². The molecule has 0 saturated carbocycles. The third-order valence-corrected chi connectivity index (χ3v) is 1.91. The predicted octanol–water partition coefficient (Wildman–Crippen LogP) is 1.39. The third kappa shape index (κ3) is 3.04. The molecule has 0 radical (unpaired) electrons. The van der Waals surface area contributed by atoms with E-state index in [9.17, 15) is 4.79 Å². The Labute approximate surface area is 71.2 Å². The van der Waals surface area contributed by atoms with Gasteiger partial charge in [-0.3, -0.25) is 4.79 Å². The van der Waals surface area contributed by atoms with Gasteiger partial charge in [-0.2, -0.15) is 0 Å². The van der Waals surface area contributed by atoms with Gasteiger partial charge in [0.15, 0.2) is 5.78 Å². The van der Waals surface area contributed by atoms with Gasteiger partial charge in [0.05, 0.1) is 12.5 Å². The molecule has 1 fully saturated rings. The van der Waals surface area contributed by atoms with E-state index < -0.39 is 0 Å². The number of ketones is 1. The van der Waals surface area contributed by atoms with Crippen LogP contribution in [-0.4, -0.2) is 24.9 Å². The first kappa shape index (κ1) is 8.75. The Hall–Kier alpha value is -0.340. The van der Waals surface area contributed by atoms with Crippen LogP contribution in [0.2, 0.25) is 0 Å². The second kappa shape index (κ2) is 4.52. The topological polar surface area (TPSA) is 26.3 Å². The highest BCUT2D eigenvalue weighted by Gasteiger charge is 2.11. The molecule has 0 spiro atoms. The van der Waals surface area contributed by atoms with E-state index in [1.807, 2.05) is 6.08 Å². The van der Waals surface area contributed by atoms with Gasteiger partial charge >= 0.3 is 0 Å². The molecule has 0 aromatic rings. The van der Waals surface area contributed by atoms with Gasteiger partial charge in [-0.25, -0.2) is 0 Å². The maximum Gasteiger partial charge on any atom is 0.170 e. The van der Waals surface area contributed by atoms with Gasteiger partial charge in [0.25, 0.3) is 0 Å². The van der Waals surface area contributed by atoms with Crippen molar-refractivity contribution >= 4 is 17.4 Å². The summed E-state index contributed by atoms with van der Waals surface area (Å²) >= 11 is 5.31. The Bertz CT molecular complexity index is 159. The zero-order chi connectivity index (χ0) is 8.10. The van der Waals surface area contributed by atoms with Crippen molar-refractivity contribution in [3.8, 4) is 0 Å². The molecule has 1 rings (SSSR count). The van der Waals surface area contributed by atoms with Crippen molar-refractivity contribution in [1.29, 1.82) is 0 Å². The standard InChI is InChI=1S/C8H11ClO2/c9-5-8(10)2-1-7-3-4-11-6-7/h1-2,7H,3-6H2/b2-1+. The molecule has 0 N–H and O–H groups in total. The van der Waals surface area contributed by atoms with Gasteiger partial charge in [-0.1, -0.05) is 6.08 Å². The molecule has 62 valence electrons.